The standard InChI is InChI=1S/C31H29N3O5/c1-3-38-27-17-23(14-15-26(27)39-18-20-12-13-21-8-4-5-9-22(21)16-20)28-19(2)33-31(29(28)34(36)37)24-10-6-7-11-25(24)32-30(31)35/h4-17,19,28-29,33H,3,18H2,1-2H3,(H,32,35)/t19-,28-,29-,31-/m0/s1. The minimum atomic E-state index is -1.46. The summed E-state index contributed by atoms with van der Waals surface area (Å²) in [5.74, 6) is 0.0942. The molecule has 4 aromatic rings. The Morgan fingerprint density at radius 3 is 2.49 bits per heavy atom. The van der Waals surface area contributed by atoms with E-state index in [-0.39, 0.29) is 11.0 Å². The van der Waals surface area contributed by atoms with Crippen molar-refractivity contribution in [2.75, 3.05) is 11.9 Å². The third-order valence-electron chi connectivity index (χ3n) is 7.82. The molecule has 1 saturated heterocycles. The molecule has 39 heavy (non-hydrogen) atoms. The van der Waals surface area contributed by atoms with Crippen LogP contribution in [0.15, 0.2) is 84.9 Å². The third kappa shape index (κ3) is 4.08. The molecule has 0 radical (unpaired) electrons. The van der Waals surface area contributed by atoms with Crippen molar-refractivity contribution in [1.82, 2.24) is 5.32 Å². The number of rotatable bonds is 7. The molecule has 0 aromatic heterocycles. The van der Waals surface area contributed by atoms with Gasteiger partial charge in [-0.1, -0.05) is 60.7 Å². The average molecular weight is 524 g/mol. The number of amides is 1. The van der Waals surface area contributed by atoms with Gasteiger partial charge in [-0.15, -0.1) is 0 Å². The van der Waals surface area contributed by atoms with Crippen LogP contribution in [0.25, 0.3) is 10.8 Å². The lowest BCUT2D eigenvalue weighted by molar-refractivity contribution is -0.532. The summed E-state index contributed by atoms with van der Waals surface area (Å²) in [6.45, 7) is 4.53. The SMILES string of the molecule is CCOc1cc([C@@H]2[C@H](C)N[C@]3(C(=O)Nc4ccccc43)[C@H]2[N+](=O)[O-])ccc1OCc1ccc2ccccc2c1. The van der Waals surface area contributed by atoms with Gasteiger partial charge >= 0.3 is 0 Å². The number of nitro groups is 1. The molecule has 2 heterocycles. The number of ether oxygens (including phenoxy) is 2. The second kappa shape index (κ2) is 9.71. The smallest absolute Gasteiger partial charge is 0.256 e. The van der Waals surface area contributed by atoms with Crippen molar-refractivity contribution in [3.05, 3.63) is 112 Å². The quantitative estimate of drug-likeness (QED) is 0.249. The maximum absolute atomic E-state index is 13.3. The van der Waals surface area contributed by atoms with Crippen LogP contribution in [-0.2, 0) is 16.9 Å². The van der Waals surface area contributed by atoms with E-state index in [1.165, 1.54) is 0 Å². The van der Waals surface area contributed by atoms with Crippen molar-refractivity contribution in [3.8, 4) is 11.5 Å². The Kier molecular flexibility index (Phi) is 6.19. The molecule has 0 bridgehead atoms. The fourth-order valence-electron chi connectivity index (χ4n) is 6.16. The van der Waals surface area contributed by atoms with Gasteiger partial charge in [0.05, 0.1) is 12.5 Å². The lowest BCUT2D eigenvalue weighted by atomic mass is 9.78. The van der Waals surface area contributed by atoms with E-state index in [2.05, 4.69) is 34.9 Å². The summed E-state index contributed by atoms with van der Waals surface area (Å²) >= 11 is 0. The van der Waals surface area contributed by atoms with Gasteiger partial charge in [-0.3, -0.25) is 20.2 Å². The van der Waals surface area contributed by atoms with Crippen LogP contribution in [0.5, 0.6) is 11.5 Å². The average Bonchev–Trinajstić information content (AvgIpc) is 3.41. The Morgan fingerprint density at radius 1 is 0.923 bits per heavy atom. The van der Waals surface area contributed by atoms with E-state index < -0.39 is 23.4 Å². The van der Waals surface area contributed by atoms with Gasteiger partial charge in [-0.2, -0.15) is 0 Å². The Hall–Kier alpha value is -4.43. The van der Waals surface area contributed by atoms with Crippen molar-refractivity contribution >= 4 is 22.4 Å². The number of nitrogens with one attached hydrogen (secondary N) is 2. The van der Waals surface area contributed by atoms with E-state index in [1.54, 1.807) is 30.3 Å². The molecule has 4 aromatic carbocycles. The van der Waals surface area contributed by atoms with Crippen LogP contribution < -0.4 is 20.1 Å². The second-order valence-corrected chi connectivity index (χ2v) is 10.1. The second-order valence-electron chi connectivity index (χ2n) is 10.1. The van der Waals surface area contributed by atoms with Crippen LogP contribution in [-0.4, -0.2) is 29.5 Å². The minimum Gasteiger partial charge on any atom is -0.490 e. The van der Waals surface area contributed by atoms with Crippen LogP contribution in [0.1, 0.15) is 36.5 Å². The number of hydrogen-bond acceptors (Lipinski definition) is 6. The topological polar surface area (TPSA) is 103 Å². The largest absolute Gasteiger partial charge is 0.490 e. The number of hydrogen-bond donors (Lipinski definition) is 2. The van der Waals surface area contributed by atoms with Crippen molar-refractivity contribution in [2.45, 2.75) is 44.0 Å². The van der Waals surface area contributed by atoms with E-state index in [1.807, 2.05) is 44.2 Å². The Bertz CT molecular complexity index is 1590. The van der Waals surface area contributed by atoms with Crippen molar-refractivity contribution < 1.29 is 19.2 Å². The molecule has 4 atom stereocenters. The Morgan fingerprint density at radius 2 is 1.69 bits per heavy atom. The zero-order valence-corrected chi connectivity index (χ0v) is 21.7. The van der Waals surface area contributed by atoms with E-state index >= 15 is 0 Å². The van der Waals surface area contributed by atoms with E-state index in [0.717, 1.165) is 16.3 Å². The number of carbonyl (C=O) groups is 1. The zero-order valence-electron chi connectivity index (χ0n) is 21.7. The number of carbonyl (C=O) groups excluding carboxylic acids is 1. The van der Waals surface area contributed by atoms with Crippen molar-refractivity contribution in [2.24, 2.45) is 0 Å². The molecule has 1 spiro atoms. The normalized spacial score (nSPS) is 23.5. The predicted molar refractivity (Wildman–Crippen MR) is 149 cm³/mol. The van der Waals surface area contributed by atoms with Crippen molar-refractivity contribution in [3.63, 3.8) is 0 Å². The van der Waals surface area contributed by atoms with Crippen LogP contribution in [0.3, 0.4) is 0 Å². The zero-order chi connectivity index (χ0) is 27.1. The van der Waals surface area contributed by atoms with Crippen LogP contribution in [0.2, 0.25) is 0 Å². The molecule has 198 valence electrons. The Balaban J connectivity index is 1.32. The molecular weight excluding hydrogens is 494 g/mol. The van der Waals surface area contributed by atoms with Gasteiger partial charge in [0.2, 0.25) is 0 Å². The molecule has 2 aliphatic rings. The first-order chi connectivity index (χ1) is 18.9. The molecule has 6 rings (SSSR count). The first-order valence-electron chi connectivity index (χ1n) is 13.1. The highest BCUT2D eigenvalue weighted by molar-refractivity contribution is 6.07. The molecular formula is C31H29N3O5. The predicted octanol–water partition coefficient (Wildman–Crippen LogP) is 5.39. The fraction of sp³-hybridized carbons (Fsp3) is 0.258. The van der Waals surface area contributed by atoms with Gasteiger partial charge < -0.3 is 14.8 Å². The van der Waals surface area contributed by atoms with Gasteiger partial charge in [0, 0.05) is 22.2 Å². The molecule has 0 aliphatic carbocycles. The first-order valence-corrected chi connectivity index (χ1v) is 13.1. The maximum Gasteiger partial charge on any atom is 0.256 e. The molecule has 1 amide bonds. The van der Waals surface area contributed by atoms with Gasteiger partial charge in [0.25, 0.3) is 11.9 Å². The summed E-state index contributed by atoms with van der Waals surface area (Å²) in [7, 11) is 0. The highest BCUT2D eigenvalue weighted by Crippen LogP contribution is 2.50. The third-order valence-corrected chi connectivity index (χ3v) is 7.82. The maximum atomic E-state index is 13.3. The van der Waals surface area contributed by atoms with E-state index in [9.17, 15) is 14.9 Å². The molecule has 0 saturated carbocycles. The number of anilines is 1. The number of nitrogens with zero attached hydrogens (tertiary/aromatic N) is 1. The lowest BCUT2D eigenvalue weighted by Gasteiger charge is -2.25. The number of fused-ring (bicyclic) bond motifs is 3. The van der Waals surface area contributed by atoms with E-state index in [0.29, 0.717) is 41.5 Å². The van der Waals surface area contributed by atoms with E-state index in [4.69, 9.17) is 9.47 Å². The van der Waals surface area contributed by atoms with Gasteiger partial charge in [0.1, 0.15) is 6.61 Å². The van der Waals surface area contributed by atoms with Gasteiger partial charge in [-0.25, -0.2) is 0 Å². The van der Waals surface area contributed by atoms with Gasteiger partial charge in [-0.05, 0) is 60.0 Å². The minimum absolute atomic E-state index is 0.326. The molecule has 0 unspecified atom stereocenters. The number of para-hydroxylation sites is 1. The van der Waals surface area contributed by atoms with Gasteiger partial charge in [0.15, 0.2) is 17.0 Å². The van der Waals surface area contributed by atoms with Crippen LogP contribution in [0, 0.1) is 10.1 Å². The molecule has 8 heteroatoms. The summed E-state index contributed by atoms with van der Waals surface area (Å²) in [6, 6.07) is 25.4. The fourth-order valence-corrected chi connectivity index (χ4v) is 6.16. The summed E-state index contributed by atoms with van der Waals surface area (Å²) in [4.78, 5) is 25.6. The monoisotopic (exact) mass is 523 g/mol. The lowest BCUT2D eigenvalue weighted by Crippen LogP contribution is -2.54. The first kappa shape index (κ1) is 24.9. The molecule has 1 fully saturated rings. The van der Waals surface area contributed by atoms with Crippen LogP contribution >= 0.6 is 0 Å². The molecule has 2 N–H and O–H groups in total. The highest BCUT2D eigenvalue weighted by Gasteiger charge is 2.67. The summed E-state index contributed by atoms with van der Waals surface area (Å²) in [6.07, 6.45) is 0. The summed E-state index contributed by atoms with van der Waals surface area (Å²) < 4.78 is 12.1. The summed E-state index contributed by atoms with van der Waals surface area (Å²) in [5, 5.41) is 21.1. The van der Waals surface area contributed by atoms with Crippen molar-refractivity contribution in [1.29, 1.82) is 0 Å². The molecule has 8 nitrogen and oxygen atoms in total. The Labute approximate surface area is 226 Å². The highest BCUT2D eigenvalue weighted by atomic mass is 16.6. The summed E-state index contributed by atoms with van der Waals surface area (Å²) in [5.41, 5.74) is 1.48. The van der Waals surface area contributed by atoms with Crippen LogP contribution in [0.4, 0.5) is 5.69 Å². The molecule has 2 aliphatic heterocycles. The number of benzene rings is 4.